The van der Waals surface area contributed by atoms with E-state index in [-0.39, 0.29) is 0 Å². The predicted molar refractivity (Wildman–Crippen MR) is 856 cm³/mol. The number of hydrogen-bond acceptors (Lipinski definition) is 0. The molecule has 0 rings (SSSR count). The lowest BCUT2D eigenvalue weighted by molar-refractivity contribution is 4.29. The molecule has 618 valence electrons. The zero-order valence-corrected chi connectivity index (χ0v) is 158. The molecule has 0 saturated heterocycles. The molecule has 0 aromatic rings. The van der Waals surface area contributed by atoms with Crippen LogP contribution >= 0.6 is 822 Å². The highest BCUT2D eigenvalue weighted by Gasteiger charge is 2.68. The summed E-state index contributed by atoms with van der Waals surface area (Å²) in [6.45, 7) is -24.0. The fourth-order valence-electron chi connectivity index (χ4n) is 6.33. The van der Waals surface area contributed by atoms with E-state index in [0.29, 0.717) is 0 Å². The average Bonchev–Trinajstić information content (AvgIpc) is 0.707. The van der Waals surface area contributed by atoms with E-state index in [2.05, 4.69) is 446 Å². The maximum atomic E-state index is 5.01. The third kappa shape index (κ3) is 51.9. The van der Waals surface area contributed by atoms with Crippen molar-refractivity contribution in [3.05, 3.63) is 0 Å². The van der Waals surface area contributed by atoms with Crippen molar-refractivity contribution >= 4 is 822 Å². The van der Waals surface area contributed by atoms with Crippen molar-refractivity contribution in [2.24, 2.45) is 0 Å². The van der Waals surface area contributed by atoms with E-state index < -0.39 is 349 Å². The summed E-state index contributed by atoms with van der Waals surface area (Å²) in [6.07, 6.45) is 0. The molecule has 0 heterocycles. The Balaban J connectivity index is 15.0. The molecule has 0 N–H and O–H groups in total. The molecule has 58 unspecified atom stereocenters. The Bertz CT molecular complexity index is 1740. The van der Waals surface area contributed by atoms with Gasteiger partial charge in [-0.05, 0) is 349 Å². The molecule has 103 heavy (non-hydrogen) atoms. The summed E-state index contributed by atoms with van der Waals surface area (Å²) < 4.78 is 0. The zero-order chi connectivity index (χ0) is 81.6. The smallest absolute Gasteiger partial charge is 0.000000218 e. The van der Waals surface area contributed by atoms with Crippen LogP contribution in [-0.2, 0) is 0 Å². The molecule has 0 aromatic heterocycles. The fourth-order valence-corrected chi connectivity index (χ4v) is 1540. The summed E-state index contributed by atoms with van der Waals surface area (Å²) in [5.41, 5.74) is 0. The van der Waals surface area contributed by atoms with Crippen molar-refractivity contribution in [1.29, 1.82) is 0 Å². The van der Waals surface area contributed by atoms with Crippen molar-refractivity contribution in [2.45, 2.75) is 0 Å². The summed E-state index contributed by atoms with van der Waals surface area (Å²) in [6, 6.07) is 0. The first-order valence-corrected chi connectivity index (χ1v) is 211. The van der Waals surface area contributed by atoms with Crippen LogP contribution in [0.25, 0.3) is 0 Å². The van der Waals surface area contributed by atoms with E-state index in [9.17, 15) is 0 Å². The number of rotatable bonds is 50. The van der Waals surface area contributed by atoms with Crippen molar-refractivity contribution in [3.8, 4) is 0 Å². The van der Waals surface area contributed by atoms with E-state index in [4.69, 9.17) is 17.9 Å². The van der Waals surface area contributed by atoms with Crippen LogP contribution in [0.3, 0.4) is 0 Å². The standard InChI is InChI=1S/H103P103/c1-53-79(52)92(78(50)51)99(93(80(54(2)3)55(4)5)81(56(6)7)57(8)9)102(98(90(74(42)43)75(44)45)91(76(46)47)77(48)49)103(100(94(82(58(10)11)59(12)13)83(60(14)15)61(16)17)95(84(62(18)19)63(20)21)85(64(22)23)65(24)25)101(96(86(66(26)27)67(28)29)87(68(30)31)69(32)33)97(88(70(34)35)71(36)37)89(72(38)39)73(40)41/h1-2,53H,3-52H2. The Morgan fingerprint density at radius 2 is 0.194 bits per heavy atom. The van der Waals surface area contributed by atoms with Gasteiger partial charge in [-0.1, -0.05) is 25.8 Å². The molecule has 0 aliphatic heterocycles. The lowest BCUT2D eigenvalue weighted by atomic mass is 28.3. The maximum Gasteiger partial charge on any atom is -0.000000218 e. The highest BCUT2D eigenvalue weighted by atomic mass is 33.7. The predicted octanol–water partition coefficient (Wildman–Crippen LogP) is 61.1. The largest absolute Gasteiger partial charge is 0.102 e. The molecular formula is H103P103. The van der Waals surface area contributed by atoms with Gasteiger partial charge in [-0.25, -0.2) is 0 Å². The summed E-state index contributed by atoms with van der Waals surface area (Å²) in [5.74, 6) is 0. The van der Waals surface area contributed by atoms with Gasteiger partial charge in [-0.15, -0.1) is 446 Å². The van der Waals surface area contributed by atoms with E-state index in [0.717, 1.165) is 7.96 Å². The van der Waals surface area contributed by atoms with Crippen LogP contribution in [0.4, 0.5) is 0 Å². The van der Waals surface area contributed by atoms with Crippen LogP contribution in [0.2, 0.25) is 0 Å². The Hall–Kier alpha value is 44.3. The van der Waals surface area contributed by atoms with Gasteiger partial charge in [0.15, 0.2) is 0 Å². The van der Waals surface area contributed by atoms with E-state index in [1.54, 1.807) is 0 Å². The van der Waals surface area contributed by atoms with Gasteiger partial charge in [-0.3, -0.25) is 0 Å². The molecular weight excluding hydrogens is 3190 g/mol. The molecule has 0 bridgehead atoms. The average molecular weight is 3290 g/mol. The van der Waals surface area contributed by atoms with Crippen LogP contribution in [-0.4, -0.2) is 0 Å². The summed E-state index contributed by atoms with van der Waals surface area (Å²) in [4.78, 5) is 0. The third-order valence-corrected chi connectivity index (χ3v) is 740. The van der Waals surface area contributed by atoms with Gasteiger partial charge < -0.3 is 0 Å². The first-order chi connectivity index (χ1) is 46.9. The minimum absolute atomic E-state index is 0.414. The first kappa shape index (κ1) is 147. The normalized spacial score (nSPS) is 15.9. The molecule has 58 atom stereocenters. The molecule has 0 fully saturated rings. The van der Waals surface area contributed by atoms with E-state index in [1.165, 1.54) is 0 Å². The van der Waals surface area contributed by atoms with E-state index >= 15 is 0 Å². The van der Waals surface area contributed by atoms with Crippen LogP contribution in [0.15, 0.2) is 0 Å². The fraction of sp³-hybridized carbons (Fsp3) is 0. The van der Waals surface area contributed by atoms with Crippen molar-refractivity contribution < 1.29 is 0 Å². The Labute approximate surface area is 808 Å². The second-order valence-electron chi connectivity index (χ2n) is 16.4. The van der Waals surface area contributed by atoms with Gasteiger partial charge in [0.25, 0.3) is 0 Å². The summed E-state index contributed by atoms with van der Waals surface area (Å²) >= 11 is 0. The van der Waals surface area contributed by atoms with Crippen molar-refractivity contribution in [2.75, 3.05) is 0 Å². The lowest BCUT2D eigenvalue weighted by Gasteiger charge is -2.64. The van der Waals surface area contributed by atoms with Gasteiger partial charge in [0.05, 0.1) is 0 Å². The molecule has 0 spiro atoms. The molecule has 0 aliphatic rings. The van der Waals surface area contributed by atoms with Crippen LogP contribution < -0.4 is 0 Å². The molecule has 0 aromatic carbocycles. The van der Waals surface area contributed by atoms with Gasteiger partial charge in [0.2, 0.25) is 0 Å². The Morgan fingerprint density at radius 1 is 0.117 bits per heavy atom. The molecule has 0 saturated carbocycles. The van der Waals surface area contributed by atoms with Crippen molar-refractivity contribution in [1.82, 2.24) is 0 Å². The molecule has 0 nitrogen and oxygen atoms in total. The summed E-state index contributed by atoms with van der Waals surface area (Å²) in [5, 5.41) is 0. The highest BCUT2D eigenvalue weighted by Crippen LogP contribution is 3.55. The van der Waals surface area contributed by atoms with Crippen LogP contribution in [0.1, 0.15) is 0 Å². The van der Waals surface area contributed by atoms with Gasteiger partial charge in [0.1, 0.15) is 0 Å². The minimum Gasteiger partial charge on any atom is -0.102 e. The molecule has 2 radical (unpaired) electrons. The monoisotopic (exact) mass is 3290 g/mol. The van der Waals surface area contributed by atoms with Gasteiger partial charge in [0, 0.05) is 0 Å². The molecule has 0 amide bonds. The Morgan fingerprint density at radius 3 is 0.272 bits per heavy atom. The summed E-state index contributed by atoms with van der Waals surface area (Å²) in [7, 11) is 201. The second kappa shape index (κ2) is 81.0. The minimum atomic E-state index is -0.688. The lowest BCUT2D eigenvalue weighted by Crippen LogP contribution is -1.77. The van der Waals surface area contributed by atoms with Crippen molar-refractivity contribution in [3.63, 3.8) is 0 Å². The first-order valence-electron chi connectivity index (χ1n) is 23.4. The molecule has 0 aliphatic carbocycles. The third-order valence-electron chi connectivity index (χ3n) is 9.14. The number of hydrogen-bond donors (Lipinski definition) is 0. The zero-order valence-electron chi connectivity index (χ0n) is 52.7. The SMILES string of the molecule is [PH]PP(P)P(P(P)P)P(P(P(P([PH])P)P(P)P)P(P(P)P)P(P)P)P(P(P(P(P)P)P(P)P)P(P(P)P)P(P)P)P(P(P(P(P(P)P)P(P)P)P(P(P)P)P(P)P)P(P(P(P)P)P(P)P)P(P(P)P)P(P)P)P(P(P(P(P)P)P(P)P)P(P(P)P)P(P)P)P(P(P(P)P)P(P)P)P(P(P)P)P(P)P. The van der Waals surface area contributed by atoms with Crippen LogP contribution in [0, 0.1) is 0 Å². The Kier molecular flexibility index (Phi) is 116. The van der Waals surface area contributed by atoms with Crippen LogP contribution in [0.5, 0.6) is 0 Å². The topological polar surface area (TPSA) is 0 Å². The van der Waals surface area contributed by atoms with Gasteiger partial charge in [-0.2, -0.15) is 0 Å². The van der Waals surface area contributed by atoms with E-state index in [1.807, 2.05) is 0 Å². The quantitative estimate of drug-likeness (QED) is 0.0533. The van der Waals surface area contributed by atoms with Gasteiger partial charge >= 0.3 is 0 Å². The molecule has 103 heteroatoms. The highest BCUT2D eigenvalue weighted by molar-refractivity contribution is 9.61. The maximum absolute atomic E-state index is 5.01. The second-order valence-corrected chi connectivity index (χ2v) is 442.